The van der Waals surface area contributed by atoms with Gasteiger partial charge in [-0.2, -0.15) is 0 Å². The van der Waals surface area contributed by atoms with Crippen molar-refractivity contribution in [1.29, 1.82) is 0 Å². The van der Waals surface area contributed by atoms with Crippen LogP contribution in [0.25, 0.3) is 10.2 Å². The molecule has 0 N–H and O–H groups in total. The highest BCUT2D eigenvalue weighted by Gasteiger charge is 2.08. The Bertz CT molecular complexity index is 433. The Kier molecular flexibility index (Phi) is 3.10. The molecule has 0 saturated carbocycles. The van der Waals surface area contributed by atoms with Crippen molar-refractivity contribution in [3.05, 3.63) is 24.3 Å². The van der Waals surface area contributed by atoms with Crippen LogP contribution in [0.1, 0.15) is 0 Å². The summed E-state index contributed by atoms with van der Waals surface area (Å²) in [6, 6.07) is 7.90. The first-order valence-electron chi connectivity index (χ1n) is 3.91. The molecule has 0 unspecified atom stereocenters. The van der Waals surface area contributed by atoms with Crippen LogP contribution in [0.3, 0.4) is 0 Å². The number of carbonyl (C=O) groups is 1. The highest BCUT2D eigenvalue weighted by atomic mass is 32.2. The van der Waals surface area contributed by atoms with E-state index < -0.39 is 0 Å². The molecule has 1 heterocycles. The first-order chi connectivity index (χ1) is 6.79. The lowest BCUT2D eigenvalue weighted by molar-refractivity contribution is 0.276. The molecular weight excluding hydrogens is 234 g/mol. The molecule has 2 aromatic rings. The fourth-order valence-electron chi connectivity index (χ4n) is 1.01. The van der Waals surface area contributed by atoms with Gasteiger partial charge in [0.25, 0.3) is 4.45 Å². The minimum Gasteiger partial charge on any atom is -0.274 e. The zero-order chi connectivity index (χ0) is 9.97. The van der Waals surface area contributed by atoms with E-state index in [2.05, 4.69) is 4.98 Å². The predicted octanol–water partition coefficient (Wildman–Crippen LogP) is 3.87. The van der Waals surface area contributed by atoms with E-state index in [9.17, 15) is 4.79 Å². The number of aromatic nitrogens is 1. The summed E-state index contributed by atoms with van der Waals surface area (Å²) in [4.78, 5) is 15.5. The van der Waals surface area contributed by atoms with Crippen LogP contribution in [0.15, 0.2) is 28.6 Å². The van der Waals surface area contributed by atoms with Crippen LogP contribution < -0.4 is 0 Å². The number of benzene rings is 1. The van der Waals surface area contributed by atoms with E-state index in [4.69, 9.17) is 0 Å². The van der Waals surface area contributed by atoms with Crippen molar-refractivity contribution in [2.24, 2.45) is 0 Å². The number of carbonyl (C=O) groups excluding carboxylic acids is 1. The molecule has 0 atom stereocenters. The summed E-state index contributed by atoms with van der Waals surface area (Å²) in [5.74, 6) is 0. The highest BCUT2D eigenvalue weighted by Crippen LogP contribution is 2.31. The van der Waals surface area contributed by atoms with Gasteiger partial charge in [0.1, 0.15) is 0 Å². The Labute approximate surface area is 94.1 Å². The van der Waals surface area contributed by atoms with Crippen molar-refractivity contribution in [3.8, 4) is 0 Å². The van der Waals surface area contributed by atoms with E-state index in [1.54, 1.807) is 17.6 Å². The summed E-state index contributed by atoms with van der Waals surface area (Å²) in [7, 11) is 0. The molecule has 0 aliphatic rings. The number of fused-ring (bicyclic) bond motifs is 1. The number of thioether (sulfide) groups is 2. The van der Waals surface area contributed by atoms with Crippen LogP contribution in [-0.4, -0.2) is 15.7 Å². The quantitative estimate of drug-likeness (QED) is 0.709. The molecule has 5 heteroatoms. The van der Waals surface area contributed by atoms with Gasteiger partial charge in [0.2, 0.25) is 0 Å². The summed E-state index contributed by atoms with van der Waals surface area (Å²) in [6.07, 6.45) is 1.78. The normalized spacial score (nSPS) is 10.6. The predicted molar refractivity (Wildman–Crippen MR) is 64.4 cm³/mol. The first kappa shape index (κ1) is 10.0. The van der Waals surface area contributed by atoms with Crippen molar-refractivity contribution in [3.63, 3.8) is 0 Å². The lowest BCUT2D eigenvalue weighted by atomic mass is 10.3. The van der Waals surface area contributed by atoms with Crippen LogP contribution in [0.5, 0.6) is 0 Å². The molecule has 0 radical (unpaired) electrons. The molecule has 2 rings (SSSR count). The largest absolute Gasteiger partial charge is 0.274 e. The van der Waals surface area contributed by atoms with Gasteiger partial charge in [0, 0.05) is 0 Å². The van der Waals surface area contributed by atoms with Gasteiger partial charge in [-0.15, -0.1) is 11.3 Å². The van der Waals surface area contributed by atoms with Gasteiger partial charge in [-0.05, 0) is 30.2 Å². The summed E-state index contributed by atoms with van der Waals surface area (Å²) in [5.41, 5.74) is 0.967. The number of rotatable bonds is 1. The summed E-state index contributed by atoms with van der Waals surface area (Å²) in [5, 5.41) is 0. The molecule has 0 bridgehead atoms. The molecule has 0 aliphatic carbocycles. The third-order valence-electron chi connectivity index (χ3n) is 1.61. The second-order valence-electron chi connectivity index (χ2n) is 2.50. The number of hydrogen-bond donors (Lipinski definition) is 0. The maximum atomic E-state index is 11.2. The number of nitrogens with zero attached hydrogens (tertiary/aromatic N) is 1. The fourth-order valence-corrected chi connectivity index (χ4v) is 3.38. The van der Waals surface area contributed by atoms with Gasteiger partial charge in [-0.25, -0.2) is 4.98 Å². The van der Waals surface area contributed by atoms with E-state index in [0.29, 0.717) is 0 Å². The van der Waals surface area contributed by atoms with Crippen LogP contribution in [0, 0.1) is 0 Å². The van der Waals surface area contributed by atoms with Crippen LogP contribution in [0.2, 0.25) is 0 Å². The van der Waals surface area contributed by atoms with E-state index in [1.807, 2.05) is 24.3 Å². The minimum atomic E-state index is 0.0871. The van der Waals surface area contributed by atoms with Gasteiger partial charge >= 0.3 is 0 Å². The lowest BCUT2D eigenvalue weighted by Gasteiger charge is -1.88. The molecule has 1 aromatic heterocycles. The van der Waals surface area contributed by atoms with Gasteiger partial charge in [-0.3, -0.25) is 4.79 Å². The third kappa shape index (κ3) is 2.10. The minimum absolute atomic E-state index is 0.0871. The molecule has 72 valence electrons. The number of thiazole rings is 1. The highest BCUT2D eigenvalue weighted by molar-refractivity contribution is 8.38. The Hall–Kier alpha value is -0.520. The number of para-hydroxylation sites is 1. The molecule has 0 amide bonds. The van der Waals surface area contributed by atoms with E-state index in [-0.39, 0.29) is 4.45 Å². The van der Waals surface area contributed by atoms with Crippen LogP contribution in [-0.2, 0) is 0 Å². The maximum absolute atomic E-state index is 11.2. The topological polar surface area (TPSA) is 30.0 Å². The molecule has 14 heavy (non-hydrogen) atoms. The second-order valence-corrected chi connectivity index (χ2v) is 5.79. The van der Waals surface area contributed by atoms with Crippen molar-refractivity contribution in [2.45, 2.75) is 4.34 Å². The van der Waals surface area contributed by atoms with Crippen molar-refractivity contribution >= 4 is 49.5 Å². The van der Waals surface area contributed by atoms with Gasteiger partial charge in [0.05, 0.1) is 10.2 Å². The fraction of sp³-hybridized carbons (Fsp3) is 0.111. The maximum Gasteiger partial charge on any atom is 0.252 e. The Morgan fingerprint density at radius 2 is 2.21 bits per heavy atom. The molecule has 0 saturated heterocycles. The Morgan fingerprint density at radius 1 is 1.43 bits per heavy atom. The van der Waals surface area contributed by atoms with Crippen molar-refractivity contribution in [2.75, 3.05) is 6.26 Å². The SMILES string of the molecule is CSC(=O)Sc1nc2ccccc2s1. The van der Waals surface area contributed by atoms with Gasteiger partial charge < -0.3 is 0 Å². The van der Waals surface area contributed by atoms with Gasteiger partial charge in [0.15, 0.2) is 4.34 Å². The smallest absolute Gasteiger partial charge is 0.252 e. The standard InChI is InChI=1S/C9H7NOS3/c1-12-9(11)14-8-10-6-4-2-3-5-7(6)13-8/h2-5H,1H3. The summed E-state index contributed by atoms with van der Waals surface area (Å²) in [6.45, 7) is 0. The van der Waals surface area contributed by atoms with E-state index in [1.165, 1.54) is 23.5 Å². The zero-order valence-corrected chi connectivity index (χ0v) is 9.84. The van der Waals surface area contributed by atoms with Crippen molar-refractivity contribution in [1.82, 2.24) is 4.98 Å². The number of hydrogen-bond acceptors (Lipinski definition) is 5. The van der Waals surface area contributed by atoms with Crippen LogP contribution >= 0.6 is 34.9 Å². The third-order valence-corrected chi connectivity index (χ3v) is 4.46. The Morgan fingerprint density at radius 3 is 2.93 bits per heavy atom. The Balaban J connectivity index is 2.31. The van der Waals surface area contributed by atoms with E-state index in [0.717, 1.165) is 14.6 Å². The zero-order valence-electron chi connectivity index (χ0n) is 7.39. The average Bonchev–Trinajstić information content (AvgIpc) is 2.59. The molecular formula is C9H7NOS3. The van der Waals surface area contributed by atoms with Gasteiger partial charge in [-0.1, -0.05) is 23.9 Å². The van der Waals surface area contributed by atoms with E-state index >= 15 is 0 Å². The lowest BCUT2D eigenvalue weighted by Crippen LogP contribution is -1.76. The molecule has 0 aliphatic heterocycles. The van der Waals surface area contributed by atoms with Crippen LogP contribution in [0.4, 0.5) is 4.79 Å². The molecule has 2 nitrogen and oxygen atoms in total. The molecule has 1 aromatic carbocycles. The summed E-state index contributed by atoms with van der Waals surface area (Å²) < 4.78 is 2.04. The average molecular weight is 241 g/mol. The molecule has 0 spiro atoms. The first-order valence-corrected chi connectivity index (χ1v) is 6.77. The summed E-state index contributed by atoms with van der Waals surface area (Å²) >= 11 is 3.98. The second kappa shape index (κ2) is 4.33. The monoisotopic (exact) mass is 241 g/mol. The molecule has 0 fully saturated rings. The van der Waals surface area contributed by atoms with Crippen molar-refractivity contribution < 1.29 is 4.79 Å².